The lowest BCUT2D eigenvalue weighted by Crippen LogP contribution is -2.41. The van der Waals surface area contributed by atoms with E-state index in [1.807, 2.05) is 0 Å². The first kappa shape index (κ1) is 12.1. The van der Waals surface area contributed by atoms with Crippen molar-refractivity contribution in [3.63, 3.8) is 0 Å². The van der Waals surface area contributed by atoms with Gasteiger partial charge in [0, 0.05) is 25.6 Å². The summed E-state index contributed by atoms with van der Waals surface area (Å²) in [5, 5.41) is 0. The smallest absolute Gasteiger partial charge is 0.134 e. The molecule has 2 fully saturated rings. The van der Waals surface area contributed by atoms with Crippen molar-refractivity contribution < 1.29 is 4.79 Å². The number of likely N-dealkylation sites (tertiary alicyclic amines) is 2. The van der Waals surface area contributed by atoms with Gasteiger partial charge in [-0.25, -0.2) is 0 Å². The molecule has 0 aromatic heterocycles. The minimum Gasteiger partial charge on any atom is -0.302 e. The summed E-state index contributed by atoms with van der Waals surface area (Å²) in [4.78, 5) is 16.4. The summed E-state index contributed by atoms with van der Waals surface area (Å²) < 4.78 is 0. The summed E-state index contributed by atoms with van der Waals surface area (Å²) in [7, 11) is 0. The van der Waals surface area contributed by atoms with Crippen molar-refractivity contribution in [2.75, 3.05) is 39.3 Å². The van der Waals surface area contributed by atoms with Crippen LogP contribution in [0.5, 0.6) is 0 Å². The minimum absolute atomic E-state index is 0.312. The summed E-state index contributed by atoms with van der Waals surface area (Å²) in [6, 6.07) is 0. The van der Waals surface area contributed by atoms with Gasteiger partial charge >= 0.3 is 0 Å². The second-order valence-electron chi connectivity index (χ2n) is 5.30. The Morgan fingerprint density at radius 3 is 2.38 bits per heavy atom. The second-order valence-corrected chi connectivity index (χ2v) is 5.30. The van der Waals surface area contributed by atoms with Crippen molar-refractivity contribution in [1.29, 1.82) is 0 Å². The van der Waals surface area contributed by atoms with Gasteiger partial charge in [-0.05, 0) is 52.2 Å². The molecule has 2 aliphatic rings. The molecule has 0 bridgehead atoms. The third kappa shape index (κ3) is 3.29. The Morgan fingerprint density at radius 2 is 1.69 bits per heavy atom. The van der Waals surface area contributed by atoms with Crippen LogP contribution in [0.2, 0.25) is 0 Å². The van der Waals surface area contributed by atoms with Crippen LogP contribution in [0.4, 0.5) is 0 Å². The van der Waals surface area contributed by atoms with E-state index >= 15 is 0 Å². The highest BCUT2D eigenvalue weighted by molar-refractivity contribution is 5.78. The molecule has 3 nitrogen and oxygen atoms in total. The normalized spacial score (nSPS) is 28.4. The summed E-state index contributed by atoms with van der Waals surface area (Å²) in [5.74, 6) is 0.693. The van der Waals surface area contributed by atoms with Crippen molar-refractivity contribution in [1.82, 2.24) is 9.80 Å². The van der Waals surface area contributed by atoms with Crippen LogP contribution in [0.3, 0.4) is 0 Å². The predicted molar refractivity (Wildman–Crippen MR) is 65.5 cm³/mol. The highest BCUT2D eigenvalue weighted by Gasteiger charge is 2.23. The van der Waals surface area contributed by atoms with Gasteiger partial charge in [0.05, 0.1) is 0 Å². The first-order chi connectivity index (χ1) is 7.75. The van der Waals surface area contributed by atoms with E-state index in [2.05, 4.69) is 9.80 Å². The zero-order chi connectivity index (χ0) is 11.4. The molecule has 2 saturated heterocycles. The third-order valence-electron chi connectivity index (χ3n) is 4.01. The van der Waals surface area contributed by atoms with Crippen molar-refractivity contribution >= 4 is 5.78 Å². The number of hydrogen-bond acceptors (Lipinski definition) is 3. The maximum atomic E-state index is 11.4. The molecule has 0 N–H and O–H groups in total. The molecule has 0 aromatic rings. The molecule has 3 heteroatoms. The van der Waals surface area contributed by atoms with Crippen molar-refractivity contribution in [2.24, 2.45) is 5.92 Å². The Bertz CT molecular complexity index is 236. The lowest BCUT2D eigenvalue weighted by Gasteiger charge is -2.32. The fourth-order valence-corrected chi connectivity index (χ4v) is 2.88. The van der Waals surface area contributed by atoms with E-state index in [4.69, 9.17) is 0 Å². The molecule has 0 radical (unpaired) electrons. The van der Waals surface area contributed by atoms with E-state index in [0.717, 1.165) is 19.5 Å². The first-order valence-corrected chi connectivity index (χ1v) is 6.71. The molecule has 1 atom stereocenters. The van der Waals surface area contributed by atoms with Crippen LogP contribution in [0, 0.1) is 5.92 Å². The van der Waals surface area contributed by atoms with Crippen LogP contribution in [0.15, 0.2) is 0 Å². The number of piperidine rings is 1. The maximum Gasteiger partial charge on any atom is 0.134 e. The monoisotopic (exact) mass is 224 g/mol. The van der Waals surface area contributed by atoms with E-state index < -0.39 is 0 Å². The molecule has 16 heavy (non-hydrogen) atoms. The summed E-state index contributed by atoms with van der Waals surface area (Å²) >= 11 is 0. The number of Topliss-reactive ketones (excluding diaryl/α,β-unsaturated/α-hetero) is 1. The fourth-order valence-electron chi connectivity index (χ4n) is 2.88. The molecule has 1 unspecified atom stereocenters. The van der Waals surface area contributed by atoms with E-state index in [-0.39, 0.29) is 0 Å². The van der Waals surface area contributed by atoms with Gasteiger partial charge in [-0.2, -0.15) is 0 Å². The van der Waals surface area contributed by atoms with Gasteiger partial charge in [-0.1, -0.05) is 0 Å². The minimum atomic E-state index is 0.312. The topological polar surface area (TPSA) is 23.6 Å². The maximum absolute atomic E-state index is 11.4. The highest BCUT2D eigenvalue weighted by Crippen LogP contribution is 2.17. The Balaban J connectivity index is 1.70. The number of nitrogens with zero attached hydrogens (tertiary/aromatic N) is 2. The molecule has 0 aliphatic carbocycles. The van der Waals surface area contributed by atoms with Crippen molar-refractivity contribution in [2.45, 2.75) is 32.6 Å². The predicted octanol–water partition coefficient (Wildman–Crippen LogP) is 1.38. The standard InChI is InChI=1S/C13H24N2O/c1-12(16)13-5-4-8-15(11-13)10-9-14-6-2-3-7-14/h13H,2-11H2,1H3. The largest absolute Gasteiger partial charge is 0.302 e. The summed E-state index contributed by atoms with van der Waals surface area (Å²) in [6.45, 7) is 8.86. The molecule has 0 saturated carbocycles. The lowest BCUT2D eigenvalue weighted by atomic mass is 9.95. The van der Waals surface area contributed by atoms with Gasteiger partial charge in [-0.15, -0.1) is 0 Å². The molecule has 2 aliphatic heterocycles. The summed E-state index contributed by atoms with van der Waals surface area (Å²) in [6.07, 6.45) is 5.05. The summed E-state index contributed by atoms with van der Waals surface area (Å²) in [5.41, 5.74) is 0. The average molecular weight is 224 g/mol. The van der Waals surface area contributed by atoms with Gasteiger partial charge in [0.1, 0.15) is 5.78 Å². The quantitative estimate of drug-likeness (QED) is 0.721. The second kappa shape index (κ2) is 5.78. The molecular formula is C13H24N2O. The van der Waals surface area contributed by atoms with Crippen LogP contribution in [-0.4, -0.2) is 54.9 Å². The van der Waals surface area contributed by atoms with Gasteiger partial charge in [0.25, 0.3) is 0 Å². The SMILES string of the molecule is CC(=O)C1CCCN(CCN2CCCC2)C1. The third-order valence-corrected chi connectivity index (χ3v) is 4.01. The zero-order valence-corrected chi connectivity index (χ0v) is 10.5. The Labute approximate surface area is 98.8 Å². The first-order valence-electron chi connectivity index (χ1n) is 6.71. The number of carbonyl (C=O) groups is 1. The van der Waals surface area contributed by atoms with Crippen LogP contribution >= 0.6 is 0 Å². The highest BCUT2D eigenvalue weighted by atomic mass is 16.1. The van der Waals surface area contributed by atoms with Gasteiger partial charge in [0.15, 0.2) is 0 Å². The van der Waals surface area contributed by atoms with Crippen LogP contribution < -0.4 is 0 Å². The Hall–Kier alpha value is -0.410. The lowest BCUT2D eigenvalue weighted by molar-refractivity contribution is -0.122. The van der Waals surface area contributed by atoms with Gasteiger partial charge < -0.3 is 9.80 Å². The molecule has 92 valence electrons. The molecule has 2 rings (SSSR count). The van der Waals surface area contributed by atoms with Crippen molar-refractivity contribution in [3.05, 3.63) is 0 Å². The van der Waals surface area contributed by atoms with E-state index in [9.17, 15) is 4.79 Å². The van der Waals surface area contributed by atoms with Crippen LogP contribution in [0.25, 0.3) is 0 Å². The molecule has 0 aromatic carbocycles. The average Bonchev–Trinajstić information content (AvgIpc) is 2.79. The molecular weight excluding hydrogens is 200 g/mol. The molecule has 0 spiro atoms. The molecule has 2 heterocycles. The van der Waals surface area contributed by atoms with Crippen LogP contribution in [-0.2, 0) is 4.79 Å². The van der Waals surface area contributed by atoms with E-state index in [1.54, 1.807) is 6.92 Å². The Morgan fingerprint density at radius 1 is 1.06 bits per heavy atom. The number of carbonyl (C=O) groups excluding carboxylic acids is 1. The zero-order valence-electron chi connectivity index (χ0n) is 10.5. The number of rotatable bonds is 4. The Kier molecular flexibility index (Phi) is 4.36. The van der Waals surface area contributed by atoms with E-state index in [0.29, 0.717) is 11.7 Å². The molecule has 0 amide bonds. The van der Waals surface area contributed by atoms with E-state index in [1.165, 1.54) is 45.4 Å². The number of ketones is 1. The fraction of sp³-hybridized carbons (Fsp3) is 0.923. The van der Waals surface area contributed by atoms with Gasteiger partial charge in [-0.3, -0.25) is 4.79 Å². The van der Waals surface area contributed by atoms with Gasteiger partial charge in [0.2, 0.25) is 0 Å². The van der Waals surface area contributed by atoms with Crippen LogP contribution in [0.1, 0.15) is 32.6 Å². The van der Waals surface area contributed by atoms with Crippen molar-refractivity contribution in [3.8, 4) is 0 Å². The number of hydrogen-bond donors (Lipinski definition) is 0.